The maximum Gasteiger partial charge on any atom is 0.0237 e. The second-order valence-corrected chi connectivity index (χ2v) is 5.12. The second kappa shape index (κ2) is 5.57. The van der Waals surface area contributed by atoms with E-state index in [0.717, 1.165) is 13.1 Å². The van der Waals surface area contributed by atoms with E-state index in [9.17, 15) is 0 Å². The van der Waals surface area contributed by atoms with Crippen molar-refractivity contribution in [3.05, 3.63) is 35.9 Å². The van der Waals surface area contributed by atoms with Crippen molar-refractivity contribution in [3.8, 4) is 0 Å². The maximum absolute atomic E-state index is 6.18. The molecule has 0 aromatic heterocycles. The average molecular weight is 275 g/mol. The molecule has 1 saturated carbocycles. The van der Waals surface area contributed by atoms with Crippen LogP contribution < -0.4 is 5.73 Å². The lowest BCUT2D eigenvalue weighted by Crippen LogP contribution is -2.30. The molecule has 17 heavy (non-hydrogen) atoms. The van der Waals surface area contributed by atoms with Crippen LogP contribution in [0, 0.1) is 5.41 Å². The van der Waals surface area contributed by atoms with Gasteiger partial charge in [-0.1, -0.05) is 30.3 Å². The first-order chi connectivity index (χ1) is 7.28. The zero-order chi connectivity index (χ0) is 10.3. The Morgan fingerprint density at radius 1 is 1.18 bits per heavy atom. The maximum atomic E-state index is 6.18. The van der Waals surface area contributed by atoms with Gasteiger partial charge in [0.1, 0.15) is 0 Å². The number of hydrogen-bond acceptors (Lipinski definition) is 2. The molecule has 1 aromatic carbocycles. The van der Waals surface area contributed by atoms with Crippen LogP contribution in [-0.4, -0.2) is 24.0 Å². The summed E-state index contributed by atoms with van der Waals surface area (Å²) in [5.74, 6) is 0. The molecule has 1 atom stereocenters. The molecule has 3 rings (SSSR count). The molecule has 1 spiro atoms. The monoisotopic (exact) mass is 274 g/mol. The number of rotatable bonds is 2. The molecule has 4 heteroatoms. The van der Waals surface area contributed by atoms with Crippen LogP contribution in [0.4, 0.5) is 0 Å². The van der Waals surface area contributed by atoms with Crippen LogP contribution in [0.2, 0.25) is 0 Å². The summed E-state index contributed by atoms with van der Waals surface area (Å²) in [6.45, 7) is 3.36. The van der Waals surface area contributed by atoms with Gasteiger partial charge in [-0.05, 0) is 23.8 Å². The van der Waals surface area contributed by atoms with Gasteiger partial charge in [-0.3, -0.25) is 4.90 Å². The predicted molar refractivity (Wildman–Crippen MR) is 75.9 cm³/mol. The normalized spacial score (nSPS) is 25.1. The number of halogens is 2. The zero-order valence-electron chi connectivity index (χ0n) is 9.84. The molecular weight excluding hydrogens is 255 g/mol. The van der Waals surface area contributed by atoms with Crippen LogP contribution in [0.5, 0.6) is 0 Å². The Bertz CT molecular complexity index is 352. The first-order valence-corrected chi connectivity index (χ1v) is 5.80. The minimum Gasteiger partial charge on any atom is -0.326 e. The molecule has 2 aliphatic rings. The molecule has 1 saturated heterocycles. The summed E-state index contributed by atoms with van der Waals surface area (Å²) in [4.78, 5) is 2.51. The third-order valence-electron chi connectivity index (χ3n) is 3.92. The lowest BCUT2D eigenvalue weighted by molar-refractivity contribution is 0.312. The second-order valence-electron chi connectivity index (χ2n) is 5.12. The van der Waals surface area contributed by atoms with Crippen molar-refractivity contribution in [1.82, 2.24) is 4.90 Å². The van der Waals surface area contributed by atoms with Crippen LogP contribution >= 0.6 is 24.8 Å². The highest BCUT2D eigenvalue weighted by molar-refractivity contribution is 5.85. The molecule has 0 bridgehead atoms. The van der Waals surface area contributed by atoms with E-state index in [0.29, 0.717) is 11.5 Å². The minimum absolute atomic E-state index is 0. The molecule has 1 aliphatic carbocycles. The summed E-state index contributed by atoms with van der Waals surface area (Å²) in [6.07, 6.45) is 2.69. The van der Waals surface area contributed by atoms with Crippen LogP contribution in [0.1, 0.15) is 18.4 Å². The minimum atomic E-state index is 0. The lowest BCUT2D eigenvalue weighted by Gasteiger charge is -2.15. The largest absolute Gasteiger partial charge is 0.326 e. The quantitative estimate of drug-likeness (QED) is 0.898. The first-order valence-electron chi connectivity index (χ1n) is 5.80. The van der Waals surface area contributed by atoms with Gasteiger partial charge in [0, 0.05) is 25.7 Å². The zero-order valence-corrected chi connectivity index (χ0v) is 11.5. The van der Waals surface area contributed by atoms with Gasteiger partial charge < -0.3 is 5.73 Å². The van der Waals surface area contributed by atoms with E-state index in [1.165, 1.54) is 24.9 Å². The summed E-state index contributed by atoms with van der Waals surface area (Å²) in [5, 5.41) is 0. The predicted octanol–water partition coefficient (Wildman–Crippen LogP) is 2.45. The Hall–Kier alpha value is -0.280. The third kappa shape index (κ3) is 2.94. The number of nitrogens with zero attached hydrogens (tertiary/aromatic N) is 1. The van der Waals surface area contributed by atoms with Crippen LogP contribution in [0.3, 0.4) is 0 Å². The standard InChI is InChI=1S/C13H18N2.2ClH/c14-12-9-15(10-13(12)6-7-13)8-11-4-2-1-3-5-11;;/h1-5,12H,6-10,14H2;2*1H. The van der Waals surface area contributed by atoms with Crippen molar-refractivity contribution in [3.63, 3.8) is 0 Å². The van der Waals surface area contributed by atoms with Crippen molar-refractivity contribution in [2.24, 2.45) is 11.1 Å². The molecule has 1 unspecified atom stereocenters. The molecule has 96 valence electrons. The Morgan fingerprint density at radius 3 is 2.35 bits per heavy atom. The lowest BCUT2D eigenvalue weighted by atomic mass is 10.0. The summed E-state index contributed by atoms with van der Waals surface area (Å²) in [5.41, 5.74) is 8.09. The summed E-state index contributed by atoms with van der Waals surface area (Å²) < 4.78 is 0. The van der Waals surface area contributed by atoms with E-state index in [1.807, 2.05) is 0 Å². The molecule has 0 amide bonds. The molecule has 0 radical (unpaired) electrons. The van der Waals surface area contributed by atoms with Gasteiger partial charge in [0.15, 0.2) is 0 Å². The Kier molecular flexibility index (Phi) is 4.85. The molecule has 2 nitrogen and oxygen atoms in total. The van der Waals surface area contributed by atoms with E-state index < -0.39 is 0 Å². The van der Waals surface area contributed by atoms with Gasteiger partial charge in [0.2, 0.25) is 0 Å². The number of benzene rings is 1. The van der Waals surface area contributed by atoms with Gasteiger partial charge >= 0.3 is 0 Å². The van der Waals surface area contributed by atoms with Gasteiger partial charge in [0.05, 0.1) is 0 Å². The highest BCUT2D eigenvalue weighted by Crippen LogP contribution is 2.52. The Labute approximate surface area is 115 Å². The van der Waals surface area contributed by atoms with Gasteiger partial charge in [-0.2, -0.15) is 0 Å². The Morgan fingerprint density at radius 2 is 1.82 bits per heavy atom. The van der Waals surface area contributed by atoms with E-state index in [4.69, 9.17) is 5.73 Å². The van der Waals surface area contributed by atoms with Crippen molar-refractivity contribution in [2.45, 2.75) is 25.4 Å². The molecule has 1 heterocycles. The topological polar surface area (TPSA) is 29.3 Å². The Balaban J connectivity index is 0.000000722. The highest BCUT2D eigenvalue weighted by Gasteiger charge is 2.53. The fourth-order valence-electron chi connectivity index (χ4n) is 2.75. The fraction of sp³-hybridized carbons (Fsp3) is 0.538. The van der Waals surface area contributed by atoms with Crippen molar-refractivity contribution >= 4 is 24.8 Å². The van der Waals surface area contributed by atoms with E-state index in [2.05, 4.69) is 35.2 Å². The molecule has 1 aromatic rings. The van der Waals surface area contributed by atoms with Crippen LogP contribution in [0.15, 0.2) is 30.3 Å². The summed E-state index contributed by atoms with van der Waals surface area (Å²) in [7, 11) is 0. The first kappa shape index (κ1) is 14.8. The fourth-order valence-corrected chi connectivity index (χ4v) is 2.75. The van der Waals surface area contributed by atoms with E-state index >= 15 is 0 Å². The molecule has 2 fully saturated rings. The van der Waals surface area contributed by atoms with Crippen molar-refractivity contribution in [1.29, 1.82) is 0 Å². The van der Waals surface area contributed by atoms with E-state index in [-0.39, 0.29) is 24.8 Å². The van der Waals surface area contributed by atoms with Crippen LogP contribution in [0.25, 0.3) is 0 Å². The SMILES string of the molecule is Cl.Cl.NC1CN(Cc2ccccc2)CC12CC2. The van der Waals surface area contributed by atoms with Gasteiger partial charge in [-0.25, -0.2) is 0 Å². The number of nitrogens with two attached hydrogens (primary N) is 1. The smallest absolute Gasteiger partial charge is 0.0237 e. The van der Waals surface area contributed by atoms with Gasteiger partial charge in [0.25, 0.3) is 0 Å². The summed E-state index contributed by atoms with van der Waals surface area (Å²) >= 11 is 0. The molecular formula is C13H20Cl2N2. The number of hydrogen-bond donors (Lipinski definition) is 1. The highest BCUT2D eigenvalue weighted by atomic mass is 35.5. The van der Waals surface area contributed by atoms with Crippen LogP contribution in [-0.2, 0) is 6.54 Å². The van der Waals surface area contributed by atoms with Crippen molar-refractivity contribution in [2.75, 3.05) is 13.1 Å². The van der Waals surface area contributed by atoms with Gasteiger partial charge in [-0.15, -0.1) is 24.8 Å². The van der Waals surface area contributed by atoms with E-state index in [1.54, 1.807) is 0 Å². The molecule has 2 N–H and O–H groups in total. The van der Waals surface area contributed by atoms with Crippen molar-refractivity contribution < 1.29 is 0 Å². The third-order valence-corrected chi connectivity index (χ3v) is 3.92. The number of likely N-dealkylation sites (tertiary alicyclic amines) is 1. The summed E-state index contributed by atoms with van der Waals surface area (Å²) in [6, 6.07) is 11.1. The average Bonchev–Trinajstić information content (AvgIpc) is 2.93. The molecule has 1 aliphatic heterocycles.